The molecular weight excluding hydrogens is 1300 g/mol. The van der Waals surface area contributed by atoms with E-state index < -0.39 is 147 Å². The van der Waals surface area contributed by atoms with Gasteiger partial charge in [0.05, 0.1) is 50.5 Å². The van der Waals surface area contributed by atoms with Crippen LogP contribution in [-0.4, -0.2) is 263 Å². The number of benzene rings is 4. The average molecular weight is 1410 g/mol. The zero-order valence-corrected chi connectivity index (χ0v) is 57.9. The molecule has 11 N–H and O–H groups in total. The molecule has 25 nitrogen and oxygen atoms in total. The van der Waals surface area contributed by atoms with E-state index in [-0.39, 0.29) is 70.8 Å². The minimum absolute atomic E-state index is 0.000569. The number of aliphatic hydroxyl groups excluding tert-OH is 9. The van der Waals surface area contributed by atoms with Crippen molar-refractivity contribution >= 4 is 50.4 Å². The van der Waals surface area contributed by atoms with Crippen LogP contribution in [-0.2, 0) is 67.8 Å². The zero-order valence-electron chi connectivity index (χ0n) is 57.9. The fraction of sp³-hybridized carbons (Fsp3) is 0.592. The molecule has 4 aromatic carbocycles. The number of fused-ring (bicyclic) bond motifs is 6. The number of carbonyl (C=O) groups excluding carboxylic acids is 2. The van der Waals surface area contributed by atoms with Crippen molar-refractivity contribution in [2.75, 3.05) is 83.9 Å². The summed E-state index contributed by atoms with van der Waals surface area (Å²) in [4.78, 5) is 29.7. The molecule has 18 rings (SSSR count). The summed E-state index contributed by atoms with van der Waals surface area (Å²) < 4.78 is 62.6. The van der Waals surface area contributed by atoms with Gasteiger partial charge in [-0.05, 0) is 97.7 Å². The molecule has 8 bridgehead atoms. The predicted octanol–water partition coefficient (Wildman–Crippen LogP) is 3.17. The second-order valence-corrected chi connectivity index (χ2v) is 28.5. The number of ether oxygens (including phenoxy) is 10. The van der Waals surface area contributed by atoms with E-state index in [1.54, 1.807) is 0 Å². The summed E-state index contributed by atoms with van der Waals surface area (Å²) >= 11 is 0. The lowest BCUT2D eigenvalue weighted by molar-refractivity contribution is -0.436. The molecule has 2 unspecified atom stereocenters. The fourth-order valence-electron chi connectivity index (χ4n) is 15.9. The van der Waals surface area contributed by atoms with Gasteiger partial charge >= 0.3 is 0 Å². The fourth-order valence-corrected chi connectivity index (χ4v) is 15.9. The third kappa shape index (κ3) is 16.0. The van der Waals surface area contributed by atoms with E-state index in [1.807, 2.05) is 54.6 Å². The third-order valence-corrected chi connectivity index (χ3v) is 21.1. The number of amides is 2. The number of aliphatic hydroxyl groups is 9. The monoisotopic (exact) mass is 1410 g/mol. The van der Waals surface area contributed by atoms with Crippen molar-refractivity contribution < 1.29 is 107 Å². The van der Waals surface area contributed by atoms with Gasteiger partial charge in [0.15, 0.2) is 24.8 Å². The van der Waals surface area contributed by atoms with E-state index in [0.29, 0.717) is 51.6 Å². The summed E-state index contributed by atoms with van der Waals surface area (Å²) in [6, 6.07) is 25.2. The number of allylic oxidation sites excluding steroid dienone is 8. The normalized spacial score (nSPS) is 33.8. The van der Waals surface area contributed by atoms with Gasteiger partial charge in [-0.1, -0.05) is 98.8 Å². The number of hydrogen-bond donors (Lipinski definition) is 11. The Balaban J connectivity index is 0.670. The smallest absolute Gasteiger partial charge is 0.226 e. The highest BCUT2D eigenvalue weighted by Gasteiger charge is 2.54. The first-order valence-electron chi connectivity index (χ1n) is 35.8. The van der Waals surface area contributed by atoms with Gasteiger partial charge in [-0.15, -0.1) is 0 Å². The number of anilines is 1. The van der Waals surface area contributed by atoms with Gasteiger partial charge in [0, 0.05) is 87.0 Å². The van der Waals surface area contributed by atoms with E-state index in [2.05, 4.69) is 108 Å². The van der Waals surface area contributed by atoms with E-state index in [4.69, 9.17) is 47.4 Å². The molecule has 0 aliphatic carbocycles. The Morgan fingerprint density at radius 1 is 0.564 bits per heavy atom. The molecule has 14 aliphatic heterocycles. The first-order chi connectivity index (χ1) is 48.8. The summed E-state index contributed by atoms with van der Waals surface area (Å²) in [5, 5.41) is 108. The van der Waals surface area contributed by atoms with Crippen molar-refractivity contribution in [3.8, 4) is 0 Å². The van der Waals surface area contributed by atoms with Gasteiger partial charge in [-0.2, -0.15) is 4.58 Å². The van der Waals surface area contributed by atoms with Gasteiger partial charge < -0.3 is 109 Å². The largest absolute Gasteiger partial charge is 0.394 e. The van der Waals surface area contributed by atoms with Crippen LogP contribution in [0, 0.1) is 0 Å². The molecule has 101 heavy (non-hydrogen) atoms. The number of nitrogens with zero attached hydrogens (tertiary/aromatic N) is 2. The highest BCUT2D eigenvalue weighted by Crippen LogP contribution is 2.51. The topological polar surface area (TPSA) is 339 Å². The van der Waals surface area contributed by atoms with Crippen LogP contribution in [0.4, 0.5) is 11.4 Å². The van der Waals surface area contributed by atoms with Crippen molar-refractivity contribution in [1.82, 2.24) is 10.6 Å². The first-order valence-corrected chi connectivity index (χ1v) is 35.8. The highest BCUT2D eigenvalue weighted by molar-refractivity contribution is 6.07. The summed E-state index contributed by atoms with van der Waals surface area (Å²) in [5.74, 6) is -0.302. The first kappa shape index (κ1) is 74.7. The lowest BCUT2D eigenvalue weighted by Gasteiger charge is -2.47. The molecule has 0 aromatic heterocycles. The molecule has 2 amide bonds. The Bertz CT molecular complexity index is 3650. The van der Waals surface area contributed by atoms with E-state index in [9.17, 15) is 55.5 Å². The Morgan fingerprint density at radius 2 is 1.15 bits per heavy atom. The molecule has 14 aliphatic rings. The Labute approximate surface area is 588 Å². The quantitative estimate of drug-likeness (QED) is 0.0289. The van der Waals surface area contributed by atoms with E-state index in [0.717, 1.165) is 44.3 Å². The van der Waals surface area contributed by atoms with Gasteiger partial charge in [0.1, 0.15) is 91.6 Å². The maximum atomic E-state index is 13.7. The van der Waals surface area contributed by atoms with Crippen LogP contribution in [0.2, 0.25) is 0 Å². The van der Waals surface area contributed by atoms with Gasteiger partial charge in [0.25, 0.3) is 0 Å². The van der Waals surface area contributed by atoms with Crippen LogP contribution in [0.3, 0.4) is 0 Å². The van der Waals surface area contributed by atoms with Crippen molar-refractivity contribution in [2.24, 2.45) is 0 Å². The minimum Gasteiger partial charge on any atom is -0.394 e. The van der Waals surface area contributed by atoms with Gasteiger partial charge in [-0.25, -0.2) is 0 Å². The predicted molar refractivity (Wildman–Crippen MR) is 371 cm³/mol. The number of carbonyl (C=O) groups is 2. The van der Waals surface area contributed by atoms with Crippen LogP contribution in [0.25, 0.3) is 21.5 Å². The van der Waals surface area contributed by atoms with Crippen molar-refractivity contribution in [1.29, 1.82) is 0 Å². The van der Waals surface area contributed by atoms with Crippen LogP contribution in [0.15, 0.2) is 121 Å². The van der Waals surface area contributed by atoms with Crippen molar-refractivity contribution in [2.45, 2.75) is 206 Å². The summed E-state index contributed by atoms with van der Waals surface area (Å²) in [6.45, 7) is 9.31. The maximum absolute atomic E-state index is 13.7. The number of nitrogens with one attached hydrogen (secondary N) is 2. The molecule has 19 atom stereocenters. The van der Waals surface area contributed by atoms with E-state index in [1.165, 1.54) is 11.1 Å². The number of rotatable bonds is 23. The summed E-state index contributed by atoms with van der Waals surface area (Å²) in [6.07, 6.45) is -4.31. The second-order valence-electron chi connectivity index (χ2n) is 28.5. The van der Waals surface area contributed by atoms with Crippen LogP contribution < -0.4 is 15.5 Å². The molecule has 0 radical (unpaired) electrons. The second kappa shape index (κ2) is 33.4. The summed E-state index contributed by atoms with van der Waals surface area (Å²) in [5.41, 5.74) is 5.59. The molecule has 12 fully saturated rings. The third-order valence-electron chi connectivity index (χ3n) is 21.1. The zero-order chi connectivity index (χ0) is 71.1. The summed E-state index contributed by atoms with van der Waals surface area (Å²) in [7, 11) is 0. The molecular formula is C76H101N4O21+. The average Bonchev–Trinajstić information content (AvgIpc) is 1.58. The molecule has 4 aromatic rings. The lowest BCUT2D eigenvalue weighted by atomic mass is 9.79. The number of hydrogen-bond acceptors (Lipinski definition) is 22. The van der Waals surface area contributed by atoms with Crippen molar-refractivity contribution in [3.63, 3.8) is 0 Å². The molecule has 12 saturated heterocycles. The van der Waals surface area contributed by atoms with Gasteiger partial charge in [-0.3, -0.25) is 9.59 Å². The Hall–Kier alpha value is -5.99. The molecule has 25 heteroatoms. The van der Waals surface area contributed by atoms with E-state index >= 15 is 0 Å². The van der Waals surface area contributed by atoms with Gasteiger partial charge in [0.2, 0.25) is 17.5 Å². The van der Waals surface area contributed by atoms with Crippen molar-refractivity contribution in [3.05, 3.63) is 132 Å². The molecule has 14 heterocycles. The lowest BCUT2D eigenvalue weighted by Crippen LogP contribution is -2.64. The van der Waals surface area contributed by atoms with Crippen LogP contribution >= 0.6 is 0 Å². The van der Waals surface area contributed by atoms with Crippen LogP contribution in [0.5, 0.6) is 0 Å². The Morgan fingerprint density at radius 3 is 1.86 bits per heavy atom. The Kier molecular flexibility index (Phi) is 24.7. The van der Waals surface area contributed by atoms with Crippen LogP contribution in [0.1, 0.15) is 90.2 Å². The molecule has 550 valence electrons. The maximum Gasteiger partial charge on any atom is 0.226 e. The highest BCUT2D eigenvalue weighted by atomic mass is 16.7. The minimum atomic E-state index is -1.58. The SMILES string of the molecule is CC1(C)C(/C=C/C=C/C=C/C=C2/N(CCC(=O)NCCCO[C@@H]3[C@@H](O)[C@@H]4OC5O[C@H](CO)[C@@H](OCCC[C@H]3O[C@@H]4CO)[C@H](O)[C@H]5O)c3ccc4ccccc4c3C2(C)C)=[N+](CCC(=O)NCCCO[C@H]2[C@@H]3OC[C@@H](OCCC[C@H]4O[C@H](CO)C(O3)[C@H](O)[C@H]4O)[C@@H]2O)c2ccc3ccccc3c21. The molecule has 0 spiro atoms. The molecule has 0 saturated carbocycles. The standard InChI is InChI=1S/C76H100N4O21/c1-75(2)56(79(48-28-26-44-18-10-12-20-46(44)60(48)75)34-30-58(84)77-32-16-38-94-68-51-23-15-37-93-69-52(40-81)99-73(66(90)65(69)89)100-71(67(68)91)54(42-83)98-51)24-8-6-5-7-9-25-57-76(3,4)61-47-21-13-11-19-45(47)27-29-49(61)80(57)35-31-59(85)78-33-17-39-95-72-63(87)55-43-96-74(72)101-70-53(41-82)97-50(22-14-36-92-55)62(86)64(70)88/h5-13,18-21,24-29,50-55,62-74,81-83,86-91H,14-17,22-23,30-43H2,1-4H3,(H-,77,78,84,85)/p+1/t50-,51-,52-,53-,54-,55-,62+,63+,64-,65-,66-,67-,68+,69-,70?,71-,72-,73?,74-/m1/s1.